The van der Waals surface area contributed by atoms with Crippen molar-refractivity contribution in [1.82, 2.24) is 0 Å². The number of halogens is 1. The molecular weight excluding hydrogens is 321 g/mol. The van der Waals surface area contributed by atoms with Gasteiger partial charge in [0.1, 0.15) is 5.75 Å². The number of benzene rings is 1. The first-order valence-corrected chi connectivity index (χ1v) is 9.07. The fourth-order valence-corrected chi connectivity index (χ4v) is 2.44. The van der Waals surface area contributed by atoms with E-state index < -0.39 is 14.2 Å². The van der Waals surface area contributed by atoms with Gasteiger partial charge in [-0.25, -0.2) is 0 Å². The van der Waals surface area contributed by atoms with Gasteiger partial charge in [-0.3, -0.25) is 4.79 Å². The van der Waals surface area contributed by atoms with Crippen LogP contribution in [0.3, 0.4) is 0 Å². The Morgan fingerprint density at radius 2 is 2.00 bits per heavy atom. The Hall–Kier alpha value is -0.563. The SMILES string of the molecule is C[Si](C)(C)Oc1ccc(I)cc1C(N)=O. The molecule has 0 aliphatic carbocycles. The molecule has 0 aliphatic heterocycles. The summed E-state index contributed by atoms with van der Waals surface area (Å²) in [6.45, 7) is 6.20. The molecule has 0 saturated carbocycles. The van der Waals surface area contributed by atoms with E-state index in [1.165, 1.54) is 0 Å². The molecule has 3 nitrogen and oxygen atoms in total. The second kappa shape index (κ2) is 4.52. The molecule has 1 amide bonds. The van der Waals surface area contributed by atoms with Gasteiger partial charge in [0, 0.05) is 3.57 Å². The lowest BCUT2D eigenvalue weighted by molar-refractivity contribution is 0.0998. The topological polar surface area (TPSA) is 52.3 Å². The molecule has 1 aromatic carbocycles. The van der Waals surface area contributed by atoms with Crippen molar-refractivity contribution < 1.29 is 9.22 Å². The zero-order chi connectivity index (χ0) is 11.6. The number of hydrogen-bond donors (Lipinski definition) is 1. The van der Waals surface area contributed by atoms with Crippen molar-refractivity contribution in [2.75, 3.05) is 0 Å². The van der Waals surface area contributed by atoms with Crippen LogP contribution in [-0.4, -0.2) is 14.2 Å². The third-order valence-electron chi connectivity index (χ3n) is 1.62. The lowest BCUT2D eigenvalue weighted by atomic mass is 10.2. The smallest absolute Gasteiger partial charge is 0.252 e. The molecule has 0 bridgehead atoms. The molecule has 2 N–H and O–H groups in total. The van der Waals surface area contributed by atoms with E-state index in [4.69, 9.17) is 10.2 Å². The second-order valence-corrected chi connectivity index (χ2v) is 9.89. The number of amides is 1. The lowest BCUT2D eigenvalue weighted by Crippen LogP contribution is -2.30. The number of carbonyl (C=O) groups excluding carboxylic acids is 1. The van der Waals surface area contributed by atoms with Gasteiger partial charge in [0.15, 0.2) is 0 Å². The van der Waals surface area contributed by atoms with E-state index in [9.17, 15) is 4.79 Å². The van der Waals surface area contributed by atoms with Crippen LogP contribution in [0.4, 0.5) is 0 Å². The summed E-state index contributed by atoms with van der Waals surface area (Å²) >= 11 is 2.14. The van der Waals surface area contributed by atoms with Gasteiger partial charge in [-0.2, -0.15) is 0 Å². The summed E-state index contributed by atoms with van der Waals surface area (Å²) in [5.41, 5.74) is 5.76. The van der Waals surface area contributed by atoms with Gasteiger partial charge in [0.2, 0.25) is 8.32 Å². The zero-order valence-electron chi connectivity index (χ0n) is 9.00. The van der Waals surface area contributed by atoms with E-state index in [1.807, 2.05) is 6.07 Å². The number of primary amides is 1. The van der Waals surface area contributed by atoms with E-state index in [2.05, 4.69) is 42.2 Å². The summed E-state index contributed by atoms with van der Waals surface area (Å²) in [5.74, 6) is 0.156. The van der Waals surface area contributed by atoms with Gasteiger partial charge >= 0.3 is 0 Å². The van der Waals surface area contributed by atoms with Crippen LogP contribution in [0.5, 0.6) is 5.75 Å². The lowest BCUT2D eigenvalue weighted by Gasteiger charge is -2.20. The maximum absolute atomic E-state index is 11.2. The van der Waals surface area contributed by atoms with Gasteiger partial charge in [0.05, 0.1) is 5.56 Å². The fraction of sp³-hybridized carbons (Fsp3) is 0.300. The Morgan fingerprint density at radius 1 is 1.40 bits per heavy atom. The van der Waals surface area contributed by atoms with E-state index in [0.717, 1.165) is 3.57 Å². The predicted molar refractivity (Wildman–Crippen MR) is 71.7 cm³/mol. The van der Waals surface area contributed by atoms with E-state index in [-0.39, 0.29) is 0 Å². The minimum absolute atomic E-state index is 0.443. The Labute approximate surface area is 104 Å². The molecule has 0 aliphatic rings. The molecule has 0 unspecified atom stereocenters. The zero-order valence-corrected chi connectivity index (χ0v) is 12.2. The number of carbonyl (C=O) groups is 1. The number of hydrogen-bond acceptors (Lipinski definition) is 2. The molecule has 0 fully saturated rings. The summed E-state index contributed by atoms with van der Waals surface area (Å²) in [4.78, 5) is 11.2. The van der Waals surface area contributed by atoms with Crippen molar-refractivity contribution in [2.45, 2.75) is 19.6 Å². The number of nitrogens with two attached hydrogens (primary N) is 1. The van der Waals surface area contributed by atoms with Crippen LogP contribution >= 0.6 is 22.6 Å². The molecule has 0 atom stereocenters. The normalized spacial score (nSPS) is 11.2. The van der Waals surface area contributed by atoms with Crippen LogP contribution in [-0.2, 0) is 0 Å². The first kappa shape index (κ1) is 12.5. The molecule has 15 heavy (non-hydrogen) atoms. The van der Waals surface area contributed by atoms with Crippen molar-refractivity contribution in [3.05, 3.63) is 27.3 Å². The van der Waals surface area contributed by atoms with Gasteiger partial charge in [-0.1, -0.05) is 0 Å². The highest BCUT2D eigenvalue weighted by Crippen LogP contribution is 2.23. The van der Waals surface area contributed by atoms with Crippen LogP contribution in [0.15, 0.2) is 18.2 Å². The fourth-order valence-electron chi connectivity index (χ4n) is 1.11. The Bertz CT molecular complexity index is 387. The highest BCUT2D eigenvalue weighted by atomic mass is 127. The average molecular weight is 335 g/mol. The molecule has 5 heteroatoms. The first-order valence-electron chi connectivity index (χ1n) is 4.58. The maximum Gasteiger partial charge on any atom is 0.252 e. The van der Waals surface area contributed by atoms with Crippen molar-refractivity contribution in [3.63, 3.8) is 0 Å². The standard InChI is InChI=1S/C10H14INO2Si/c1-15(2,3)14-9-5-4-7(11)6-8(9)10(12)13/h4-6H,1-3H3,(H2,12,13). The van der Waals surface area contributed by atoms with Crippen LogP contribution in [0.2, 0.25) is 19.6 Å². The van der Waals surface area contributed by atoms with Crippen LogP contribution in [0.1, 0.15) is 10.4 Å². The van der Waals surface area contributed by atoms with Gasteiger partial charge in [-0.05, 0) is 60.4 Å². The van der Waals surface area contributed by atoms with Crippen molar-refractivity contribution >= 4 is 36.8 Å². The molecule has 82 valence electrons. The van der Waals surface area contributed by atoms with Crippen LogP contribution in [0.25, 0.3) is 0 Å². The van der Waals surface area contributed by atoms with Crippen molar-refractivity contribution in [2.24, 2.45) is 5.73 Å². The number of rotatable bonds is 3. The average Bonchev–Trinajstić information content (AvgIpc) is 2.05. The van der Waals surface area contributed by atoms with Crippen LogP contribution in [0, 0.1) is 3.57 Å². The summed E-state index contributed by atoms with van der Waals surface area (Å²) < 4.78 is 6.76. The van der Waals surface area contributed by atoms with Crippen molar-refractivity contribution in [1.29, 1.82) is 0 Å². The summed E-state index contributed by atoms with van der Waals surface area (Å²) in [6, 6.07) is 5.46. The van der Waals surface area contributed by atoms with Crippen molar-refractivity contribution in [3.8, 4) is 5.75 Å². The largest absolute Gasteiger partial charge is 0.544 e. The van der Waals surface area contributed by atoms with Crippen LogP contribution < -0.4 is 10.2 Å². The highest BCUT2D eigenvalue weighted by Gasteiger charge is 2.19. The molecule has 1 rings (SSSR count). The summed E-state index contributed by atoms with van der Waals surface area (Å²) in [7, 11) is -1.70. The maximum atomic E-state index is 11.2. The third kappa shape index (κ3) is 3.82. The predicted octanol–water partition coefficient (Wildman–Crippen LogP) is 2.60. The Kier molecular flexibility index (Phi) is 3.77. The quantitative estimate of drug-likeness (QED) is 0.682. The van der Waals surface area contributed by atoms with E-state index in [1.54, 1.807) is 12.1 Å². The second-order valence-electron chi connectivity index (χ2n) is 4.22. The highest BCUT2D eigenvalue weighted by molar-refractivity contribution is 14.1. The van der Waals surface area contributed by atoms with Gasteiger partial charge in [-0.15, -0.1) is 0 Å². The van der Waals surface area contributed by atoms with Gasteiger partial charge < -0.3 is 10.2 Å². The molecule has 0 spiro atoms. The Morgan fingerprint density at radius 3 is 2.47 bits per heavy atom. The molecular formula is C10H14INO2Si. The molecule has 0 saturated heterocycles. The summed E-state index contributed by atoms with van der Waals surface area (Å²) in [5, 5.41) is 0. The Balaban J connectivity index is 3.12. The minimum Gasteiger partial charge on any atom is -0.544 e. The molecule has 0 heterocycles. The molecule has 1 aromatic rings. The monoisotopic (exact) mass is 335 g/mol. The minimum atomic E-state index is -1.70. The molecule has 0 aromatic heterocycles. The van der Waals surface area contributed by atoms with E-state index >= 15 is 0 Å². The first-order chi connectivity index (χ1) is 6.79. The van der Waals surface area contributed by atoms with E-state index in [0.29, 0.717) is 11.3 Å². The van der Waals surface area contributed by atoms with Gasteiger partial charge in [0.25, 0.3) is 5.91 Å². The molecule has 0 radical (unpaired) electrons. The summed E-state index contributed by atoms with van der Waals surface area (Å²) in [6.07, 6.45) is 0. The third-order valence-corrected chi connectivity index (χ3v) is 3.13.